The van der Waals surface area contributed by atoms with E-state index >= 15 is 0 Å². The van der Waals surface area contributed by atoms with Crippen molar-refractivity contribution in [3.8, 4) is 5.75 Å². The van der Waals surface area contributed by atoms with Crippen molar-refractivity contribution in [2.24, 2.45) is 7.05 Å². The minimum atomic E-state index is -0.186. The number of aromatic nitrogens is 3. The molecular formula is C20H22ClN3OS. The average Bonchev–Trinajstić information content (AvgIpc) is 2.96. The molecule has 6 heteroatoms. The van der Waals surface area contributed by atoms with Gasteiger partial charge in [0.05, 0.1) is 0 Å². The smallest absolute Gasteiger partial charge is 0.191 e. The summed E-state index contributed by atoms with van der Waals surface area (Å²) in [7, 11) is 1.97. The van der Waals surface area contributed by atoms with Gasteiger partial charge in [0.1, 0.15) is 5.75 Å². The molecule has 26 heavy (non-hydrogen) atoms. The molecule has 0 spiro atoms. The zero-order chi connectivity index (χ0) is 18.7. The van der Waals surface area contributed by atoms with Gasteiger partial charge < -0.3 is 9.30 Å². The van der Waals surface area contributed by atoms with E-state index in [1.165, 1.54) is 5.56 Å². The standard InChI is InChI=1S/C20H22ClN3OS/c1-13-8-9-18(14(2)10-13)25-15(3)19-22-23-20(24(19)4)26-12-16-6-5-7-17(21)11-16/h5-11,15H,12H2,1-4H3. The minimum Gasteiger partial charge on any atom is -0.482 e. The van der Waals surface area contributed by atoms with E-state index in [2.05, 4.69) is 42.2 Å². The number of ether oxygens (including phenoxy) is 1. The van der Waals surface area contributed by atoms with E-state index in [9.17, 15) is 0 Å². The van der Waals surface area contributed by atoms with Gasteiger partial charge in [0.2, 0.25) is 0 Å². The number of nitrogens with zero attached hydrogens (tertiary/aromatic N) is 3. The maximum absolute atomic E-state index is 6.11. The Hall–Kier alpha value is -1.98. The quantitative estimate of drug-likeness (QED) is 0.522. The molecule has 4 nitrogen and oxygen atoms in total. The van der Waals surface area contributed by atoms with Crippen LogP contribution in [0, 0.1) is 13.8 Å². The summed E-state index contributed by atoms with van der Waals surface area (Å²) in [6.45, 7) is 6.12. The first-order valence-electron chi connectivity index (χ1n) is 8.44. The fraction of sp³-hybridized carbons (Fsp3) is 0.300. The average molecular weight is 388 g/mol. The van der Waals surface area contributed by atoms with Crippen LogP contribution < -0.4 is 4.74 Å². The van der Waals surface area contributed by atoms with E-state index in [1.807, 2.05) is 42.8 Å². The van der Waals surface area contributed by atoms with Gasteiger partial charge in [-0.3, -0.25) is 0 Å². The van der Waals surface area contributed by atoms with Gasteiger partial charge in [-0.05, 0) is 50.1 Å². The molecule has 136 valence electrons. The summed E-state index contributed by atoms with van der Waals surface area (Å²) in [5.74, 6) is 2.47. The van der Waals surface area contributed by atoms with Crippen LogP contribution in [0.1, 0.15) is 35.5 Å². The summed E-state index contributed by atoms with van der Waals surface area (Å²) in [5, 5.41) is 10.3. The highest BCUT2D eigenvalue weighted by Crippen LogP contribution is 2.28. The van der Waals surface area contributed by atoms with E-state index < -0.39 is 0 Å². The number of hydrogen-bond acceptors (Lipinski definition) is 4. The molecule has 0 N–H and O–H groups in total. The number of benzene rings is 2. The minimum absolute atomic E-state index is 0.186. The Morgan fingerprint density at radius 2 is 1.96 bits per heavy atom. The molecule has 1 atom stereocenters. The van der Waals surface area contributed by atoms with Gasteiger partial charge in [-0.25, -0.2) is 0 Å². The molecule has 1 unspecified atom stereocenters. The van der Waals surface area contributed by atoms with Crippen molar-refractivity contribution in [3.63, 3.8) is 0 Å². The molecule has 0 amide bonds. The van der Waals surface area contributed by atoms with Crippen LogP contribution in [0.25, 0.3) is 0 Å². The summed E-state index contributed by atoms with van der Waals surface area (Å²) in [5.41, 5.74) is 3.50. The Balaban J connectivity index is 1.69. The molecule has 0 saturated carbocycles. The monoisotopic (exact) mass is 387 g/mol. The SMILES string of the molecule is Cc1ccc(OC(C)c2nnc(SCc3cccc(Cl)c3)n2C)c(C)c1. The maximum atomic E-state index is 6.11. The zero-order valence-corrected chi connectivity index (χ0v) is 16.9. The van der Waals surface area contributed by atoms with E-state index in [-0.39, 0.29) is 6.10 Å². The highest BCUT2D eigenvalue weighted by Gasteiger charge is 2.18. The third-order valence-electron chi connectivity index (χ3n) is 4.12. The summed E-state index contributed by atoms with van der Waals surface area (Å²) in [4.78, 5) is 0. The van der Waals surface area contributed by atoms with Crippen molar-refractivity contribution in [1.29, 1.82) is 0 Å². The molecule has 1 aromatic heterocycles. The van der Waals surface area contributed by atoms with E-state index in [0.717, 1.165) is 38.6 Å². The van der Waals surface area contributed by atoms with Gasteiger partial charge >= 0.3 is 0 Å². The topological polar surface area (TPSA) is 39.9 Å². The number of aryl methyl sites for hydroxylation is 2. The van der Waals surface area contributed by atoms with Gasteiger partial charge in [-0.1, -0.05) is 53.2 Å². The lowest BCUT2D eigenvalue weighted by Crippen LogP contribution is -2.10. The predicted octanol–water partition coefficient (Wildman–Crippen LogP) is 5.52. The molecule has 0 radical (unpaired) electrons. The Kier molecular flexibility index (Phi) is 5.89. The normalized spacial score (nSPS) is 12.2. The molecule has 0 aliphatic rings. The van der Waals surface area contributed by atoms with Gasteiger partial charge in [-0.15, -0.1) is 10.2 Å². The first kappa shape index (κ1) is 18.8. The molecule has 2 aromatic carbocycles. The second-order valence-electron chi connectivity index (χ2n) is 6.35. The second kappa shape index (κ2) is 8.14. The lowest BCUT2D eigenvalue weighted by atomic mass is 10.1. The van der Waals surface area contributed by atoms with Gasteiger partial charge in [0, 0.05) is 17.8 Å². The second-order valence-corrected chi connectivity index (χ2v) is 7.73. The van der Waals surface area contributed by atoms with Crippen LogP contribution in [0.5, 0.6) is 5.75 Å². The first-order chi connectivity index (χ1) is 12.4. The molecule has 0 aliphatic heterocycles. The summed E-state index contributed by atoms with van der Waals surface area (Å²) in [6.07, 6.45) is -0.186. The van der Waals surface area contributed by atoms with Crippen LogP contribution in [-0.4, -0.2) is 14.8 Å². The first-order valence-corrected chi connectivity index (χ1v) is 9.81. The molecule has 0 aliphatic carbocycles. The van der Waals surface area contributed by atoms with Crippen molar-refractivity contribution >= 4 is 23.4 Å². The largest absolute Gasteiger partial charge is 0.482 e. The van der Waals surface area contributed by atoms with Crippen molar-refractivity contribution in [2.75, 3.05) is 0 Å². The predicted molar refractivity (Wildman–Crippen MR) is 107 cm³/mol. The summed E-state index contributed by atoms with van der Waals surface area (Å²) >= 11 is 7.68. The number of rotatable bonds is 6. The van der Waals surface area contributed by atoms with Crippen LogP contribution in [0.4, 0.5) is 0 Å². The Morgan fingerprint density at radius 1 is 1.15 bits per heavy atom. The van der Waals surface area contributed by atoms with Crippen molar-refractivity contribution in [2.45, 2.75) is 37.8 Å². The lowest BCUT2D eigenvalue weighted by molar-refractivity contribution is 0.210. The highest BCUT2D eigenvalue weighted by atomic mass is 35.5. The summed E-state index contributed by atoms with van der Waals surface area (Å²) < 4.78 is 8.10. The Labute approximate surface area is 163 Å². The fourth-order valence-electron chi connectivity index (χ4n) is 2.76. The third kappa shape index (κ3) is 4.40. The van der Waals surface area contributed by atoms with E-state index in [4.69, 9.17) is 16.3 Å². The van der Waals surface area contributed by atoms with Gasteiger partial charge in [-0.2, -0.15) is 0 Å². The zero-order valence-electron chi connectivity index (χ0n) is 15.4. The molecule has 1 heterocycles. The lowest BCUT2D eigenvalue weighted by Gasteiger charge is -2.16. The van der Waals surface area contributed by atoms with Crippen molar-refractivity contribution in [3.05, 3.63) is 70.0 Å². The number of thioether (sulfide) groups is 1. The maximum Gasteiger partial charge on any atom is 0.191 e. The van der Waals surface area contributed by atoms with Crippen LogP contribution in [0.3, 0.4) is 0 Å². The van der Waals surface area contributed by atoms with Crippen LogP contribution >= 0.6 is 23.4 Å². The highest BCUT2D eigenvalue weighted by molar-refractivity contribution is 7.98. The van der Waals surface area contributed by atoms with Crippen LogP contribution in [-0.2, 0) is 12.8 Å². The fourth-order valence-corrected chi connectivity index (χ4v) is 3.83. The molecule has 0 saturated heterocycles. The van der Waals surface area contributed by atoms with Gasteiger partial charge in [0.15, 0.2) is 17.1 Å². The third-order valence-corrected chi connectivity index (χ3v) is 5.45. The van der Waals surface area contributed by atoms with Crippen LogP contribution in [0.15, 0.2) is 47.6 Å². The van der Waals surface area contributed by atoms with E-state index in [0.29, 0.717) is 0 Å². The molecule has 3 aromatic rings. The molecule has 3 rings (SSSR count). The molecular weight excluding hydrogens is 366 g/mol. The number of hydrogen-bond donors (Lipinski definition) is 0. The number of halogens is 1. The molecule has 0 fully saturated rings. The Bertz CT molecular complexity index is 910. The van der Waals surface area contributed by atoms with E-state index in [1.54, 1.807) is 11.8 Å². The summed E-state index contributed by atoms with van der Waals surface area (Å²) in [6, 6.07) is 14.0. The molecule has 0 bridgehead atoms. The van der Waals surface area contributed by atoms with Crippen molar-refractivity contribution in [1.82, 2.24) is 14.8 Å². The van der Waals surface area contributed by atoms with Gasteiger partial charge in [0.25, 0.3) is 0 Å². The van der Waals surface area contributed by atoms with Crippen molar-refractivity contribution < 1.29 is 4.74 Å². The Morgan fingerprint density at radius 3 is 2.69 bits per heavy atom. The van der Waals surface area contributed by atoms with Crippen LogP contribution in [0.2, 0.25) is 5.02 Å².